The SMILES string of the molecule is O=S(=O)([O-])[O-].[Fe+2].[Mn].[Ni]. The van der Waals surface area contributed by atoms with E-state index in [2.05, 4.69) is 0 Å². The van der Waals surface area contributed by atoms with Crippen LogP contribution < -0.4 is 0 Å². The molecule has 0 spiro atoms. The zero-order valence-electron chi connectivity index (χ0n) is 3.09. The Balaban J connectivity index is -0.0000000267. The zero-order valence-corrected chi connectivity index (χ0v) is 7.18. The maximum absolute atomic E-state index is 8.52. The van der Waals surface area contributed by atoms with Crippen LogP contribution in [0.3, 0.4) is 0 Å². The molecule has 1 radical (unpaired) electrons. The molecule has 0 aromatic heterocycles. The molecular weight excluding hydrogens is 266 g/mol. The van der Waals surface area contributed by atoms with Crippen molar-refractivity contribution in [2.75, 3.05) is 0 Å². The van der Waals surface area contributed by atoms with Gasteiger partial charge in [-0.3, -0.25) is 8.42 Å². The van der Waals surface area contributed by atoms with Gasteiger partial charge >= 0.3 is 17.1 Å². The Bertz CT molecular complexity index is 99.2. The molecule has 0 unspecified atom stereocenters. The van der Waals surface area contributed by atoms with Crippen LogP contribution >= 0.6 is 0 Å². The summed E-state index contributed by atoms with van der Waals surface area (Å²) in [4.78, 5) is 0. The van der Waals surface area contributed by atoms with Gasteiger partial charge in [-0.1, -0.05) is 0 Å². The molecule has 0 aromatic carbocycles. The maximum atomic E-state index is 8.52. The Hall–Kier alpha value is 1.40. The van der Waals surface area contributed by atoms with Gasteiger partial charge in [-0.05, 0) is 0 Å². The van der Waals surface area contributed by atoms with Gasteiger partial charge in [0.2, 0.25) is 0 Å². The summed E-state index contributed by atoms with van der Waals surface area (Å²) in [5, 5.41) is 0. The maximum Gasteiger partial charge on any atom is 2.00 e. The summed E-state index contributed by atoms with van der Waals surface area (Å²) >= 11 is 0. The Labute approximate surface area is 78.2 Å². The first kappa shape index (κ1) is 22.7. The monoisotopic (exact) mass is 265 g/mol. The van der Waals surface area contributed by atoms with Crippen molar-refractivity contribution in [3.05, 3.63) is 0 Å². The van der Waals surface area contributed by atoms with Gasteiger partial charge in [-0.25, -0.2) is 0 Å². The van der Waals surface area contributed by atoms with Crippen LogP contribution in [0.1, 0.15) is 0 Å². The molecule has 0 aliphatic carbocycles. The van der Waals surface area contributed by atoms with Crippen LogP contribution in [0.5, 0.6) is 0 Å². The Morgan fingerprint density at radius 3 is 1.12 bits per heavy atom. The quantitative estimate of drug-likeness (QED) is 0.308. The normalized spacial score (nSPS) is 7.25. The van der Waals surface area contributed by atoms with E-state index in [1.165, 1.54) is 0 Å². The van der Waals surface area contributed by atoms with Crippen molar-refractivity contribution < 1.29 is 68.2 Å². The molecule has 0 fully saturated rings. The van der Waals surface area contributed by atoms with E-state index in [9.17, 15) is 0 Å². The molecule has 0 saturated heterocycles. The van der Waals surface area contributed by atoms with Crippen LogP contribution in [0.15, 0.2) is 0 Å². The topological polar surface area (TPSA) is 80.3 Å². The predicted molar refractivity (Wildman–Crippen MR) is 10.5 cm³/mol. The average Bonchev–Trinajstić information content (AvgIpc) is 0.722. The minimum atomic E-state index is -5.17. The molecule has 4 nitrogen and oxygen atoms in total. The van der Waals surface area contributed by atoms with E-state index in [1.807, 2.05) is 0 Å². The Kier molecular flexibility index (Phi) is 23.9. The zero-order chi connectivity index (χ0) is 4.50. The Morgan fingerprint density at radius 2 is 1.12 bits per heavy atom. The van der Waals surface area contributed by atoms with Gasteiger partial charge in [-0.15, -0.1) is 0 Å². The molecule has 0 N–H and O–H groups in total. The molecule has 8 heavy (non-hydrogen) atoms. The van der Waals surface area contributed by atoms with Gasteiger partial charge in [-0.2, -0.15) is 0 Å². The molecule has 0 aromatic rings. The van der Waals surface area contributed by atoms with E-state index in [-0.39, 0.29) is 50.6 Å². The number of rotatable bonds is 0. The van der Waals surface area contributed by atoms with Crippen molar-refractivity contribution >= 4 is 10.4 Å². The summed E-state index contributed by atoms with van der Waals surface area (Å²) in [5.41, 5.74) is 0. The molecule has 0 bridgehead atoms. The summed E-state index contributed by atoms with van der Waals surface area (Å²) in [6.07, 6.45) is 0. The third kappa shape index (κ3) is 154. The first-order valence-electron chi connectivity index (χ1n) is 0.667. The van der Waals surface area contributed by atoms with Crippen molar-refractivity contribution in [3.63, 3.8) is 0 Å². The van der Waals surface area contributed by atoms with Crippen LogP contribution in [0.2, 0.25) is 0 Å². The van der Waals surface area contributed by atoms with Gasteiger partial charge in [0.25, 0.3) is 0 Å². The second-order valence-corrected chi connectivity index (χ2v) is 1.22. The van der Waals surface area contributed by atoms with E-state index in [0.29, 0.717) is 0 Å². The van der Waals surface area contributed by atoms with E-state index < -0.39 is 10.4 Å². The van der Waals surface area contributed by atoms with Crippen LogP contribution in [0.25, 0.3) is 0 Å². The van der Waals surface area contributed by atoms with Crippen molar-refractivity contribution in [2.24, 2.45) is 0 Å². The predicted octanol–water partition coefficient (Wildman–Crippen LogP) is -1.35. The molecule has 0 heterocycles. The molecule has 0 rings (SSSR count). The fraction of sp³-hybridized carbons (Fsp3) is 0. The third-order valence-corrected chi connectivity index (χ3v) is 0. The van der Waals surface area contributed by atoms with Gasteiger partial charge in [0, 0.05) is 44.0 Å². The molecule has 55 valence electrons. The standard InChI is InChI=1S/Fe.Mn.Ni.H2O4S/c;;;1-5(2,3)4/h;;;(H2,1,2,3,4)/q+2;;;/p-2. The van der Waals surface area contributed by atoms with Crippen LogP contribution in [0.4, 0.5) is 0 Å². The van der Waals surface area contributed by atoms with E-state index in [1.54, 1.807) is 0 Å². The minimum absolute atomic E-state index is 0. The summed E-state index contributed by atoms with van der Waals surface area (Å²) in [7, 11) is -5.17. The second kappa shape index (κ2) is 8.40. The van der Waals surface area contributed by atoms with E-state index >= 15 is 0 Å². The summed E-state index contributed by atoms with van der Waals surface area (Å²) in [6.45, 7) is 0. The molecule has 8 heteroatoms. The number of hydrogen-bond acceptors (Lipinski definition) is 4. The van der Waals surface area contributed by atoms with Gasteiger partial charge < -0.3 is 9.11 Å². The first-order chi connectivity index (χ1) is 2.00. The van der Waals surface area contributed by atoms with Crippen molar-refractivity contribution in [1.29, 1.82) is 0 Å². The first-order valence-corrected chi connectivity index (χ1v) is 2.00. The Morgan fingerprint density at radius 1 is 1.12 bits per heavy atom. The molecule has 0 amide bonds. The third-order valence-electron chi connectivity index (χ3n) is 0. The molecule has 0 aliphatic rings. The second-order valence-electron chi connectivity index (χ2n) is 0.408. The van der Waals surface area contributed by atoms with Crippen molar-refractivity contribution in [1.82, 2.24) is 0 Å². The average molecular weight is 266 g/mol. The number of hydrogen-bond donors (Lipinski definition) is 0. The van der Waals surface area contributed by atoms with Gasteiger partial charge in [0.15, 0.2) is 0 Å². The van der Waals surface area contributed by atoms with Crippen LogP contribution in [-0.4, -0.2) is 17.5 Å². The summed E-state index contributed by atoms with van der Waals surface area (Å²) in [5.74, 6) is 0. The summed E-state index contributed by atoms with van der Waals surface area (Å²) < 4.78 is 34.1. The van der Waals surface area contributed by atoms with Gasteiger partial charge in [0.05, 0.1) is 0 Å². The van der Waals surface area contributed by atoms with Crippen molar-refractivity contribution in [3.8, 4) is 0 Å². The largest absolute Gasteiger partial charge is 2.00 e. The molecule has 0 aliphatic heterocycles. The van der Waals surface area contributed by atoms with Crippen molar-refractivity contribution in [2.45, 2.75) is 0 Å². The smallest absolute Gasteiger partial charge is 0.759 e. The fourth-order valence-corrected chi connectivity index (χ4v) is 0. The summed E-state index contributed by atoms with van der Waals surface area (Å²) in [6, 6.07) is 0. The molecule has 0 saturated carbocycles. The molecule has 0 atom stereocenters. The van der Waals surface area contributed by atoms with Crippen LogP contribution in [0, 0.1) is 0 Å². The van der Waals surface area contributed by atoms with E-state index in [4.69, 9.17) is 17.5 Å². The van der Waals surface area contributed by atoms with Crippen LogP contribution in [-0.2, 0) is 61.0 Å². The molecular formula is FeMnNiO4S. The minimum Gasteiger partial charge on any atom is -0.759 e. The van der Waals surface area contributed by atoms with Gasteiger partial charge in [0.1, 0.15) is 0 Å². The van der Waals surface area contributed by atoms with E-state index in [0.717, 1.165) is 0 Å². The fourth-order valence-electron chi connectivity index (χ4n) is 0.